The maximum Gasteiger partial charge on any atom is 0.413 e. The number of benzene rings is 2. The lowest BCUT2D eigenvalue weighted by atomic mass is 10.1. The van der Waals surface area contributed by atoms with Gasteiger partial charge in [-0.25, -0.2) is 13.9 Å². The molecule has 35 heavy (non-hydrogen) atoms. The van der Waals surface area contributed by atoms with Gasteiger partial charge in [-0.1, -0.05) is 32.0 Å². The second-order valence-electron chi connectivity index (χ2n) is 8.29. The second-order valence-corrected chi connectivity index (χ2v) is 8.29. The zero-order chi connectivity index (χ0) is 25.6. The van der Waals surface area contributed by atoms with Crippen LogP contribution in [0.15, 0.2) is 60.9 Å². The number of ether oxygens (including phenoxy) is 1. The van der Waals surface area contributed by atoms with Crippen molar-refractivity contribution in [2.24, 2.45) is 0 Å². The van der Waals surface area contributed by atoms with Crippen molar-refractivity contribution >= 4 is 11.9 Å². The Morgan fingerprint density at radius 2 is 1.77 bits per heavy atom. The third-order valence-electron chi connectivity index (χ3n) is 4.67. The Kier molecular flexibility index (Phi) is 7.66. The third kappa shape index (κ3) is 6.12. The quantitative estimate of drug-likeness (QED) is 0.360. The molecule has 8 nitrogen and oxygen atoms in total. The minimum absolute atomic E-state index is 0.0543. The highest BCUT2D eigenvalue weighted by Crippen LogP contribution is 2.29. The Labute approximate surface area is 203 Å². The van der Waals surface area contributed by atoms with E-state index in [0.717, 1.165) is 11.1 Å². The first-order valence-corrected chi connectivity index (χ1v) is 11.1. The van der Waals surface area contributed by atoms with Crippen LogP contribution in [-0.2, 0) is 4.74 Å². The van der Waals surface area contributed by atoms with Gasteiger partial charge in [0.15, 0.2) is 5.82 Å². The number of hydrogen-bond donors (Lipinski definition) is 2. The van der Waals surface area contributed by atoms with Gasteiger partial charge in [0.1, 0.15) is 17.5 Å². The normalized spacial score (nSPS) is 10.7. The summed E-state index contributed by atoms with van der Waals surface area (Å²) in [6.45, 7) is 9.28. The van der Waals surface area contributed by atoms with Gasteiger partial charge in [0, 0.05) is 23.4 Å². The Morgan fingerprint density at radius 1 is 1.09 bits per heavy atom. The van der Waals surface area contributed by atoms with Gasteiger partial charge in [0.2, 0.25) is 0 Å². The molecular weight excluding hydrogens is 447 g/mol. The molecule has 0 saturated carbocycles. The summed E-state index contributed by atoms with van der Waals surface area (Å²) in [5.74, 6) is -0.400. The fourth-order valence-corrected chi connectivity index (χ4v) is 3.22. The Morgan fingerprint density at radius 3 is 2.34 bits per heavy atom. The minimum Gasteiger partial charge on any atom is -0.444 e. The van der Waals surface area contributed by atoms with Crippen molar-refractivity contribution < 1.29 is 13.9 Å². The lowest BCUT2D eigenvalue weighted by Gasteiger charge is -2.19. The maximum absolute atomic E-state index is 14.3. The molecule has 4 aromatic rings. The minimum atomic E-state index is -0.672. The molecule has 0 saturated heterocycles. The molecule has 2 aromatic carbocycles. The molecule has 2 N–H and O–H groups in total. The average molecular weight is 475 g/mol. The number of H-pyrrole nitrogens is 1. The number of carbonyl (C=O) groups excluding carboxylic acids is 1. The molecule has 0 aliphatic rings. The van der Waals surface area contributed by atoms with E-state index in [1.54, 1.807) is 50.0 Å². The number of halogens is 1. The number of nitrogens with one attached hydrogen (secondary N) is 2. The molecule has 0 aliphatic carbocycles. The van der Waals surface area contributed by atoms with Crippen molar-refractivity contribution in [1.82, 2.24) is 20.0 Å². The molecule has 0 aliphatic heterocycles. The lowest BCUT2D eigenvalue weighted by Crippen LogP contribution is -2.27. The lowest BCUT2D eigenvalue weighted by molar-refractivity contribution is 0.0635. The van der Waals surface area contributed by atoms with Crippen LogP contribution in [0.5, 0.6) is 0 Å². The molecule has 2 aromatic heterocycles. The van der Waals surface area contributed by atoms with Gasteiger partial charge in [-0.3, -0.25) is 10.4 Å². The number of nitriles is 1. The van der Waals surface area contributed by atoms with Gasteiger partial charge in [0.05, 0.1) is 23.1 Å². The average Bonchev–Trinajstić information content (AvgIpc) is 3.50. The molecule has 9 heteroatoms. The number of hydrogen-bond acceptors (Lipinski definition) is 5. The van der Waals surface area contributed by atoms with Crippen LogP contribution in [0.25, 0.3) is 28.1 Å². The van der Waals surface area contributed by atoms with E-state index in [0.29, 0.717) is 16.9 Å². The molecule has 180 valence electrons. The Bertz CT molecular complexity index is 1330. The fourth-order valence-electron chi connectivity index (χ4n) is 3.22. The van der Waals surface area contributed by atoms with Crippen LogP contribution in [0.1, 0.15) is 40.2 Å². The van der Waals surface area contributed by atoms with Gasteiger partial charge in [-0.15, -0.1) is 5.10 Å². The summed E-state index contributed by atoms with van der Waals surface area (Å²) in [6.07, 6.45) is 2.85. The van der Waals surface area contributed by atoms with E-state index in [2.05, 4.69) is 20.6 Å². The Hall–Kier alpha value is -4.45. The summed E-state index contributed by atoms with van der Waals surface area (Å²) in [6, 6.07) is 15.3. The van der Waals surface area contributed by atoms with Crippen LogP contribution in [0, 0.1) is 17.1 Å². The number of aromatic amines is 1. The van der Waals surface area contributed by atoms with E-state index in [9.17, 15) is 9.18 Å². The monoisotopic (exact) mass is 474 g/mol. The van der Waals surface area contributed by atoms with Gasteiger partial charge >= 0.3 is 6.09 Å². The van der Waals surface area contributed by atoms with E-state index in [1.165, 1.54) is 12.1 Å². The first-order chi connectivity index (χ1) is 16.7. The zero-order valence-electron chi connectivity index (χ0n) is 20.3. The van der Waals surface area contributed by atoms with Crippen LogP contribution in [0.4, 0.5) is 15.0 Å². The van der Waals surface area contributed by atoms with Crippen molar-refractivity contribution in [3.63, 3.8) is 0 Å². The highest BCUT2D eigenvalue weighted by Gasteiger charge is 2.19. The molecule has 0 spiro atoms. The van der Waals surface area contributed by atoms with Crippen molar-refractivity contribution in [1.29, 1.82) is 5.26 Å². The standard InChI is InChI=1S/C24H21FN6O2.C2H6/c1-24(2,3)33-23(32)29-22-11-21(16-4-5-17(12-26)20(25)10-16)31(30-22)19-8-6-15(7-9-19)18-13-27-28-14-18;1-2/h4-11,13-14H,1-3H3,(H,27,28)(H,29,30,32);1-2H3. The SMILES string of the molecule is CC.CC(C)(C)OC(=O)Nc1cc(-c2ccc(C#N)c(F)c2)n(-c2ccc(-c3cn[nH]c3)cc2)n1. The third-order valence-corrected chi connectivity index (χ3v) is 4.67. The first kappa shape index (κ1) is 25.2. The van der Waals surface area contributed by atoms with Gasteiger partial charge in [-0.2, -0.15) is 10.4 Å². The van der Waals surface area contributed by atoms with Gasteiger partial charge < -0.3 is 4.74 Å². The summed E-state index contributed by atoms with van der Waals surface area (Å²) < 4.78 is 21.2. The molecule has 2 heterocycles. The van der Waals surface area contributed by atoms with Crippen LogP contribution in [0.3, 0.4) is 0 Å². The van der Waals surface area contributed by atoms with E-state index in [4.69, 9.17) is 10.00 Å². The van der Waals surface area contributed by atoms with Crippen LogP contribution in [0.2, 0.25) is 0 Å². The van der Waals surface area contributed by atoms with Crippen molar-refractivity contribution in [2.45, 2.75) is 40.2 Å². The molecule has 0 unspecified atom stereocenters. The smallest absolute Gasteiger partial charge is 0.413 e. The molecule has 0 fully saturated rings. The first-order valence-electron chi connectivity index (χ1n) is 11.1. The molecule has 0 bridgehead atoms. The molecule has 4 rings (SSSR count). The van der Waals surface area contributed by atoms with E-state index < -0.39 is 17.5 Å². The summed E-state index contributed by atoms with van der Waals surface area (Å²) in [5, 5.41) is 22.9. The number of anilines is 1. The Balaban J connectivity index is 0.00000167. The highest BCUT2D eigenvalue weighted by molar-refractivity contribution is 5.85. The largest absolute Gasteiger partial charge is 0.444 e. The summed E-state index contributed by atoms with van der Waals surface area (Å²) >= 11 is 0. The van der Waals surface area contributed by atoms with Crippen molar-refractivity contribution in [2.75, 3.05) is 5.32 Å². The topological polar surface area (TPSA) is 109 Å². The van der Waals surface area contributed by atoms with Gasteiger partial charge in [-0.05, 0) is 50.6 Å². The number of amides is 1. The summed E-state index contributed by atoms with van der Waals surface area (Å²) in [5.41, 5.74) is 2.88. The number of nitrogens with zero attached hydrogens (tertiary/aromatic N) is 4. The molecular formula is C26H27FN6O2. The van der Waals surface area contributed by atoms with E-state index in [-0.39, 0.29) is 11.4 Å². The second kappa shape index (κ2) is 10.7. The maximum atomic E-state index is 14.3. The van der Waals surface area contributed by atoms with Gasteiger partial charge in [0.25, 0.3) is 0 Å². The van der Waals surface area contributed by atoms with Crippen molar-refractivity contribution in [3.05, 3.63) is 72.3 Å². The number of aromatic nitrogens is 4. The molecule has 1 amide bonds. The number of rotatable bonds is 4. The summed E-state index contributed by atoms with van der Waals surface area (Å²) in [4.78, 5) is 12.2. The predicted molar refractivity (Wildman–Crippen MR) is 132 cm³/mol. The van der Waals surface area contributed by atoms with Crippen molar-refractivity contribution in [3.8, 4) is 34.1 Å². The summed E-state index contributed by atoms with van der Waals surface area (Å²) in [7, 11) is 0. The molecule has 0 atom stereocenters. The van der Waals surface area contributed by atoms with Crippen LogP contribution >= 0.6 is 0 Å². The zero-order valence-corrected chi connectivity index (χ0v) is 20.3. The predicted octanol–water partition coefficient (Wildman–Crippen LogP) is 6.31. The number of carbonyl (C=O) groups is 1. The molecule has 0 radical (unpaired) electrons. The van der Waals surface area contributed by atoms with Crippen LogP contribution < -0.4 is 5.32 Å². The van der Waals surface area contributed by atoms with E-state index in [1.807, 2.05) is 44.2 Å². The van der Waals surface area contributed by atoms with Crippen LogP contribution in [-0.4, -0.2) is 31.7 Å². The highest BCUT2D eigenvalue weighted by atomic mass is 19.1. The fraction of sp³-hybridized carbons (Fsp3) is 0.231. The van der Waals surface area contributed by atoms with E-state index >= 15 is 0 Å².